The van der Waals surface area contributed by atoms with Gasteiger partial charge in [-0.15, -0.1) is 0 Å². The summed E-state index contributed by atoms with van der Waals surface area (Å²) in [6.07, 6.45) is 3.84. The van der Waals surface area contributed by atoms with Gasteiger partial charge in [-0.2, -0.15) is 0 Å². The molecule has 1 saturated heterocycles. The molecule has 1 aliphatic heterocycles. The van der Waals surface area contributed by atoms with Crippen LogP contribution in [0.1, 0.15) is 5.82 Å². The molecule has 0 radical (unpaired) electrons. The maximum atomic E-state index is 5.62. The molecule has 0 aliphatic carbocycles. The van der Waals surface area contributed by atoms with Gasteiger partial charge < -0.3 is 15.2 Å². The number of piperazine rings is 1. The Balaban J connectivity index is 1.79. The lowest BCUT2D eigenvalue weighted by atomic mass is 10.3. The third kappa shape index (κ3) is 2.81. The molecule has 1 aromatic rings. The van der Waals surface area contributed by atoms with Gasteiger partial charge in [0.05, 0.1) is 6.54 Å². The molecule has 0 unspecified atom stereocenters. The van der Waals surface area contributed by atoms with Gasteiger partial charge in [-0.25, -0.2) is 4.98 Å². The Morgan fingerprint density at radius 3 is 2.69 bits per heavy atom. The minimum atomic E-state index is 0.524. The Hall–Kier alpha value is -0.910. The third-order valence-electron chi connectivity index (χ3n) is 3.24. The van der Waals surface area contributed by atoms with Gasteiger partial charge in [0.2, 0.25) is 0 Å². The molecule has 5 heteroatoms. The fraction of sp³-hybridized carbons (Fsp3) is 0.727. The molecule has 90 valence electrons. The molecule has 1 aliphatic rings. The van der Waals surface area contributed by atoms with Crippen LogP contribution in [-0.4, -0.2) is 59.1 Å². The SMILES string of the molecule is CN1CCN(CCn2ccnc2CN)CC1. The standard InChI is InChI=1S/C11H21N5/c1-14-4-6-15(7-5-14)8-9-16-3-2-13-11(16)10-12/h2-3H,4-10,12H2,1H3. The average Bonchev–Trinajstić information content (AvgIpc) is 2.76. The van der Waals surface area contributed by atoms with Crippen LogP contribution in [0.4, 0.5) is 0 Å². The number of rotatable bonds is 4. The Morgan fingerprint density at radius 2 is 2.00 bits per heavy atom. The molecular formula is C11H21N5. The lowest BCUT2D eigenvalue weighted by molar-refractivity contribution is 0.150. The molecule has 1 aromatic heterocycles. The van der Waals surface area contributed by atoms with Crippen LogP contribution in [0.15, 0.2) is 12.4 Å². The van der Waals surface area contributed by atoms with Crippen molar-refractivity contribution in [1.29, 1.82) is 0 Å². The molecule has 2 rings (SSSR count). The number of aromatic nitrogens is 2. The molecular weight excluding hydrogens is 202 g/mol. The van der Waals surface area contributed by atoms with Crippen LogP contribution in [0.5, 0.6) is 0 Å². The first-order chi connectivity index (χ1) is 7.79. The van der Waals surface area contributed by atoms with Crippen LogP contribution in [0.25, 0.3) is 0 Å². The molecule has 2 N–H and O–H groups in total. The predicted molar refractivity (Wildman–Crippen MR) is 64.1 cm³/mol. The zero-order chi connectivity index (χ0) is 11.4. The first kappa shape index (κ1) is 11.6. The van der Waals surface area contributed by atoms with Gasteiger partial charge in [-0.1, -0.05) is 0 Å². The van der Waals surface area contributed by atoms with Crippen LogP contribution in [0, 0.1) is 0 Å². The third-order valence-corrected chi connectivity index (χ3v) is 3.24. The minimum absolute atomic E-state index is 0.524. The summed E-state index contributed by atoms with van der Waals surface area (Å²) >= 11 is 0. The summed E-state index contributed by atoms with van der Waals surface area (Å²) in [4.78, 5) is 9.10. The van der Waals surface area contributed by atoms with Crippen LogP contribution >= 0.6 is 0 Å². The van der Waals surface area contributed by atoms with Crippen molar-refractivity contribution < 1.29 is 0 Å². The van der Waals surface area contributed by atoms with Crippen molar-refractivity contribution in [3.63, 3.8) is 0 Å². The van der Waals surface area contributed by atoms with Crippen LogP contribution < -0.4 is 5.73 Å². The summed E-state index contributed by atoms with van der Waals surface area (Å²) in [7, 11) is 2.18. The van der Waals surface area contributed by atoms with Gasteiger partial charge in [0.1, 0.15) is 5.82 Å². The lowest BCUT2D eigenvalue weighted by Crippen LogP contribution is -2.45. The van der Waals surface area contributed by atoms with Crippen molar-refractivity contribution in [1.82, 2.24) is 19.4 Å². The van der Waals surface area contributed by atoms with E-state index in [4.69, 9.17) is 5.73 Å². The van der Waals surface area contributed by atoms with Crippen LogP contribution in [0.2, 0.25) is 0 Å². The molecule has 2 heterocycles. The van der Waals surface area contributed by atoms with Crippen LogP contribution in [-0.2, 0) is 13.1 Å². The van der Waals surface area contributed by atoms with Crippen molar-refractivity contribution in [2.45, 2.75) is 13.1 Å². The molecule has 0 amide bonds. The first-order valence-corrected chi connectivity index (χ1v) is 5.90. The molecule has 1 fully saturated rings. The van der Waals surface area contributed by atoms with Crippen molar-refractivity contribution >= 4 is 0 Å². The smallest absolute Gasteiger partial charge is 0.122 e. The van der Waals surface area contributed by atoms with Gasteiger partial charge in [0, 0.05) is 51.7 Å². The highest BCUT2D eigenvalue weighted by atomic mass is 15.3. The number of nitrogens with zero attached hydrogens (tertiary/aromatic N) is 4. The largest absolute Gasteiger partial charge is 0.333 e. The van der Waals surface area contributed by atoms with Crippen molar-refractivity contribution in [2.24, 2.45) is 5.73 Å². The highest BCUT2D eigenvalue weighted by Gasteiger charge is 2.13. The molecule has 0 spiro atoms. The fourth-order valence-corrected chi connectivity index (χ4v) is 2.05. The fourth-order valence-electron chi connectivity index (χ4n) is 2.05. The van der Waals surface area contributed by atoms with Crippen molar-refractivity contribution in [3.8, 4) is 0 Å². The Bertz CT molecular complexity index is 314. The highest BCUT2D eigenvalue weighted by Crippen LogP contribution is 2.01. The molecule has 0 aromatic carbocycles. The Morgan fingerprint density at radius 1 is 1.25 bits per heavy atom. The maximum Gasteiger partial charge on any atom is 0.122 e. The molecule has 16 heavy (non-hydrogen) atoms. The van der Waals surface area contributed by atoms with E-state index in [1.807, 2.05) is 12.4 Å². The van der Waals surface area contributed by atoms with Crippen molar-refractivity contribution in [2.75, 3.05) is 39.8 Å². The Kier molecular flexibility index (Phi) is 3.93. The number of nitrogens with two attached hydrogens (primary N) is 1. The summed E-state index contributed by atoms with van der Waals surface area (Å²) in [6.45, 7) is 7.30. The number of hydrogen-bond acceptors (Lipinski definition) is 4. The zero-order valence-corrected chi connectivity index (χ0v) is 9.97. The van der Waals surface area contributed by atoms with E-state index in [-0.39, 0.29) is 0 Å². The summed E-state index contributed by atoms with van der Waals surface area (Å²) in [5, 5.41) is 0. The number of imidazole rings is 1. The number of hydrogen-bond donors (Lipinski definition) is 1. The topological polar surface area (TPSA) is 50.3 Å². The van der Waals surface area contributed by atoms with E-state index in [1.165, 1.54) is 26.2 Å². The second-order valence-corrected chi connectivity index (χ2v) is 4.39. The average molecular weight is 223 g/mol. The summed E-state index contributed by atoms with van der Waals surface area (Å²) in [5.41, 5.74) is 5.62. The molecule has 0 bridgehead atoms. The lowest BCUT2D eigenvalue weighted by Gasteiger charge is -2.32. The van der Waals surface area contributed by atoms with Crippen LogP contribution in [0.3, 0.4) is 0 Å². The van der Waals surface area contributed by atoms with E-state index in [0.717, 1.165) is 18.9 Å². The van der Waals surface area contributed by atoms with Crippen molar-refractivity contribution in [3.05, 3.63) is 18.2 Å². The minimum Gasteiger partial charge on any atom is -0.333 e. The second kappa shape index (κ2) is 5.43. The molecule has 0 atom stereocenters. The molecule has 5 nitrogen and oxygen atoms in total. The van der Waals surface area contributed by atoms with Gasteiger partial charge in [-0.3, -0.25) is 4.90 Å². The summed E-state index contributed by atoms with van der Waals surface area (Å²) < 4.78 is 2.15. The van der Waals surface area contributed by atoms with E-state index >= 15 is 0 Å². The first-order valence-electron chi connectivity index (χ1n) is 5.90. The molecule has 0 saturated carbocycles. The van der Waals surface area contributed by atoms with Gasteiger partial charge in [0.25, 0.3) is 0 Å². The van der Waals surface area contributed by atoms with E-state index in [1.54, 1.807) is 0 Å². The zero-order valence-electron chi connectivity index (χ0n) is 9.97. The van der Waals surface area contributed by atoms with E-state index in [9.17, 15) is 0 Å². The van der Waals surface area contributed by atoms with Gasteiger partial charge in [0.15, 0.2) is 0 Å². The second-order valence-electron chi connectivity index (χ2n) is 4.39. The van der Waals surface area contributed by atoms with E-state index < -0.39 is 0 Å². The monoisotopic (exact) mass is 223 g/mol. The Labute approximate surface area is 96.8 Å². The van der Waals surface area contributed by atoms with E-state index in [2.05, 4.69) is 26.4 Å². The highest BCUT2D eigenvalue weighted by molar-refractivity contribution is 4.91. The summed E-state index contributed by atoms with van der Waals surface area (Å²) in [5.74, 6) is 0.981. The normalized spacial score (nSPS) is 19.1. The number of likely N-dealkylation sites (N-methyl/N-ethyl adjacent to an activating group) is 1. The quantitative estimate of drug-likeness (QED) is 0.754. The van der Waals surface area contributed by atoms with Gasteiger partial charge in [-0.05, 0) is 7.05 Å². The van der Waals surface area contributed by atoms with E-state index in [0.29, 0.717) is 6.54 Å². The maximum absolute atomic E-state index is 5.62. The predicted octanol–water partition coefficient (Wildman–Crippen LogP) is -0.411. The summed E-state index contributed by atoms with van der Waals surface area (Å²) in [6, 6.07) is 0. The van der Waals surface area contributed by atoms with Gasteiger partial charge >= 0.3 is 0 Å².